The van der Waals surface area contributed by atoms with E-state index >= 15 is 0 Å². The third-order valence-corrected chi connectivity index (χ3v) is 3.19. The second-order valence-corrected chi connectivity index (χ2v) is 4.88. The fourth-order valence-corrected chi connectivity index (χ4v) is 2.42. The fraction of sp³-hybridized carbons (Fsp3) is 0.500. The van der Waals surface area contributed by atoms with Crippen LogP contribution < -0.4 is 0 Å². The second-order valence-electron chi connectivity index (χ2n) is 4.49. The lowest BCUT2D eigenvalue weighted by molar-refractivity contribution is 0.0738. The normalized spacial score (nSPS) is 24.8. The molecule has 0 spiro atoms. The van der Waals surface area contributed by atoms with Gasteiger partial charge < -0.3 is 4.90 Å². The van der Waals surface area contributed by atoms with Crippen molar-refractivity contribution in [3.05, 3.63) is 29.0 Å². The molecule has 16 heavy (non-hydrogen) atoms. The van der Waals surface area contributed by atoms with E-state index in [9.17, 15) is 4.79 Å². The van der Waals surface area contributed by atoms with E-state index in [4.69, 9.17) is 11.6 Å². The number of hydrogen-bond acceptors (Lipinski definition) is 2. The van der Waals surface area contributed by atoms with Gasteiger partial charge in [0.1, 0.15) is 10.8 Å². The maximum atomic E-state index is 12.2. The molecular weight excluding hydrogens is 224 g/mol. The highest BCUT2D eigenvalue weighted by Crippen LogP contribution is 2.24. The van der Waals surface area contributed by atoms with E-state index in [1.54, 1.807) is 18.2 Å². The van der Waals surface area contributed by atoms with Crippen LogP contribution in [0.4, 0.5) is 0 Å². The van der Waals surface area contributed by atoms with E-state index in [0.29, 0.717) is 22.8 Å². The molecule has 1 fully saturated rings. The Morgan fingerprint density at radius 3 is 2.81 bits per heavy atom. The van der Waals surface area contributed by atoms with Crippen molar-refractivity contribution in [2.24, 2.45) is 5.92 Å². The molecule has 0 bridgehead atoms. The lowest BCUT2D eigenvalue weighted by atomic mass is 10.1. The number of hydrogen-bond donors (Lipinski definition) is 0. The molecule has 2 unspecified atom stereocenters. The molecule has 86 valence electrons. The molecule has 3 nitrogen and oxygen atoms in total. The largest absolute Gasteiger partial charge is 0.334 e. The number of amides is 1. The zero-order chi connectivity index (χ0) is 11.7. The minimum atomic E-state index is -0.0145. The number of pyridine rings is 1. The van der Waals surface area contributed by atoms with Crippen LogP contribution in [0.25, 0.3) is 0 Å². The fourth-order valence-electron chi connectivity index (χ4n) is 2.26. The molecular formula is C12H15ClN2O. The summed E-state index contributed by atoms with van der Waals surface area (Å²) in [5, 5.41) is 0.366. The van der Waals surface area contributed by atoms with Crippen molar-refractivity contribution in [1.29, 1.82) is 0 Å². The lowest BCUT2D eigenvalue weighted by Gasteiger charge is -2.20. The van der Waals surface area contributed by atoms with Crippen LogP contribution >= 0.6 is 11.6 Å². The van der Waals surface area contributed by atoms with Gasteiger partial charge in [-0.15, -0.1) is 0 Å². The van der Waals surface area contributed by atoms with Crippen LogP contribution in [0.2, 0.25) is 5.15 Å². The number of carbonyl (C=O) groups is 1. The number of nitrogens with zero attached hydrogens (tertiary/aromatic N) is 2. The smallest absolute Gasteiger partial charge is 0.272 e. The van der Waals surface area contributed by atoms with E-state index in [2.05, 4.69) is 18.8 Å². The van der Waals surface area contributed by atoms with Crippen LogP contribution in [0.3, 0.4) is 0 Å². The Balaban J connectivity index is 2.19. The predicted molar refractivity (Wildman–Crippen MR) is 63.5 cm³/mol. The van der Waals surface area contributed by atoms with Crippen molar-refractivity contribution < 1.29 is 4.79 Å². The van der Waals surface area contributed by atoms with Crippen molar-refractivity contribution in [1.82, 2.24) is 9.88 Å². The van der Waals surface area contributed by atoms with Gasteiger partial charge in [0.25, 0.3) is 5.91 Å². The Kier molecular flexibility index (Phi) is 3.15. The molecule has 1 aromatic rings. The molecule has 2 rings (SSSR count). The number of rotatable bonds is 1. The summed E-state index contributed by atoms with van der Waals surface area (Å²) in [5.41, 5.74) is 0.438. The third-order valence-electron chi connectivity index (χ3n) is 2.98. The summed E-state index contributed by atoms with van der Waals surface area (Å²) in [5.74, 6) is 0.553. The van der Waals surface area contributed by atoms with Crippen LogP contribution in [-0.2, 0) is 0 Å². The standard InChI is InChI=1S/C12H15ClN2O/c1-8-6-9(2)15(7-8)12(16)10-4-3-5-11(13)14-10/h3-5,8-9H,6-7H2,1-2H3. The average Bonchev–Trinajstić information content (AvgIpc) is 2.57. The molecule has 0 saturated carbocycles. The lowest BCUT2D eigenvalue weighted by Crippen LogP contribution is -2.34. The van der Waals surface area contributed by atoms with Gasteiger partial charge in [-0.3, -0.25) is 4.79 Å². The van der Waals surface area contributed by atoms with Gasteiger partial charge in [0, 0.05) is 12.6 Å². The van der Waals surface area contributed by atoms with Gasteiger partial charge in [0.15, 0.2) is 0 Å². The van der Waals surface area contributed by atoms with Crippen molar-refractivity contribution in [3.63, 3.8) is 0 Å². The van der Waals surface area contributed by atoms with E-state index in [-0.39, 0.29) is 5.91 Å². The van der Waals surface area contributed by atoms with Crippen LogP contribution in [0.15, 0.2) is 18.2 Å². The average molecular weight is 239 g/mol. The maximum Gasteiger partial charge on any atom is 0.272 e. The third kappa shape index (κ3) is 2.19. The first-order valence-electron chi connectivity index (χ1n) is 5.51. The molecule has 1 aromatic heterocycles. The second kappa shape index (κ2) is 4.42. The summed E-state index contributed by atoms with van der Waals surface area (Å²) >= 11 is 5.78. The highest BCUT2D eigenvalue weighted by atomic mass is 35.5. The number of halogens is 1. The zero-order valence-corrected chi connectivity index (χ0v) is 10.2. The van der Waals surface area contributed by atoms with Gasteiger partial charge in [0.2, 0.25) is 0 Å². The minimum Gasteiger partial charge on any atom is -0.334 e. The highest BCUT2D eigenvalue weighted by molar-refractivity contribution is 6.29. The van der Waals surface area contributed by atoms with Crippen molar-refractivity contribution in [3.8, 4) is 0 Å². The molecule has 1 aliphatic rings. The predicted octanol–water partition coefficient (Wildman–Crippen LogP) is 2.61. The molecule has 0 aliphatic carbocycles. The summed E-state index contributed by atoms with van der Waals surface area (Å²) in [4.78, 5) is 18.1. The van der Waals surface area contributed by atoms with Gasteiger partial charge in [-0.1, -0.05) is 24.6 Å². The molecule has 1 amide bonds. The summed E-state index contributed by atoms with van der Waals surface area (Å²) in [6.45, 7) is 5.05. The van der Waals surface area contributed by atoms with Crippen molar-refractivity contribution >= 4 is 17.5 Å². The van der Waals surface area contributed by atoms with E-state index < -0.39 is 0 Å². The highest BCUT2D eigenvalue weighted by Gasteiger charge is 2.30. The Morgan fingerprint density at radius 1 is 1.50 bits per heavy atom. The van der Waals surface area contributed by atoms with Crippen molar-refractivity contribution in [2.75, 3.05) is 6.54 Å². The maximum absolute atomic E-state index is 12.2. The minimum absolute atomic E-state index is 0.0145. The SMILES string of the molecule is CC1CC(C)N(C(=O)c2cccc(Cl)n2)C1. The quantitative estimate of drug-likeness (QED) is 0.705. The number of likely N-dealkylation sites (tertiary alicyclic amines) is 1. The first kappa shape index (κ1) is 11.4. The van der Waals surface area contributed by atoms with Gasteiger partial charge in [0.05, 0.1) is 0 Å². The zero-order valence-electron chi connectivity index (χ0n) is 9.48. The monoisotopic (exact) mass is 238 g/mol. The van der Waals surface area contributed by atoms with Crippen LogP contribution in [0, 0.1) is 5.92 Å². The van der Waals surface area contributed by atoms with Gasteiger partial charge in [-0.05, 0) is 31.4 Å². The van der Waals surface area contributed by atoms with E-state index in [1.807, 2.05) is 4.90 Å². The summed E-state index contributed by atoms with van der Waals surface area (Å²) in [7, 11) is 0. The van der Waals surface area contributed by atoms with Gasteiger partial charge >= 0.3 is 0 Å². The molecule has 2 atom stereocenters. The van der Waals surface area contributed by atoms with Gasteiger partial charge in [-0.25, -0.2) is 4.98 Å². The Labute approximate surface area is 100 Å². The molecule has 1 aliphatic heterocycles. The van der Waals surface area contributed by atoms with E-state index in [1.165, 1.54) is 0 Å². The van der Waals surface area contributed by atoms with Crippen LogP contribution in [0.5, 0.6) is 0 Å². The molecule has 2 heterocycles. The number of carbonyl (C=O) groups excluding carboxylic acids is 1. The first-order chi connectivity index (χ1) is 7.58. The van der Waals surface area contributed by atoms with Crippen LogP contribution in [0.1, 0.15) is 30.8 Å². The molecule has 0 N–H and O–H groups in total. The molecule has 0 aromatic carbocycles. The molecule has 0 radical (unpaired) electrons. The Hall–Kier alpha value is -1.09. The van der Waals surface area contributed by atoms with E-state index in [0.717, 1.165) is 13.0 Å². The van der Waals surface area contributed by atoms with Crippen LogP contribution in [-0.4, -0.2) is 28.4 Å². The Bertz CT molecular complexity index is 408. The van der Waals surface area contributed by atoms with Crippen molar-refractivity contribution in [2.45, 2.75) is 26.3 Å². The summed E-state index contributed by atoms with van der Waals surface area (Å²) < 4.78 is 0. The number of aromatic nitrogens is 1. The topological polar surface area (TPSA) is 33.2 Å². The summed E-state index contributed by atoms with van der Waals surface area (Å²) in [6.07, 6.45) is 1.06. The van der Waals surface area contributed by atoms with Gasteiger partial charge in [-0.2, -0.15) is 0 Å². The Morgan fingerprint density at radius 2 is 2.25 bits per heavy atom. The molecule has 4 heteroatoms. The summed E-state index contributed by atoms with van der Waals surface area (Å²) in [6, 6.07) is 5.44. The first-order valence-corrected chi connectivity index (χ1v) is 5.89. The molecule has 1 saturated heterocycles.